The first-order chi connectivity index (χ1) is 11.2. The number of nitrogens with one attached hydrogen (secondary N) is 1. The molecule has 0 saturated carbocycles. The number of halogens is 1. The molecule has 0 bridgehead atoms. The molecule has 0 aliphatic carbocycles. The summed E-state index contributed by atoms with van der Waals surface area (Å²) in [6.45, 7) is 2.85. The second-order valence-electron chi connectivity index (χ2n) is 5.07. The average molecular weight is 362 g/mol. The van der Waals surface area contributed by atoms with Gasteiger partial charge in [0.05, 0.1) is 0 Å². The quantitative estimate of drug-likeness (QED) is 0.596. The van der Waals surface area contributed by atoms with Crippen LogP contribution in [0.25, 0.3) is 0 Å². The van der Waals surface area contributed by atoms with Crippen LogP contribution in [0.3, 0.4) is 0 Å². The van der Waals surface area contributed by atoms with Gasteiger partial charge in [-0.2, -0.15) is 0 Å². The first-order valence-electron chi connectivity index (χ1n) is 7.20. The summed E-state index contributed by atoms with van der Waals surface area (Å²) < 4.78 is 0.979. The van der Waals surface area contributed by atoms with Gasteiger partial charge in [-0.05, 0) is 35.7 Å². The van der Waals surface area contributed by atoms with Crippen LogP contribution in [0.4, 0.5) is 5.13 Å². The Hall–Kier alpha value is -1.56. The van der Waals surface area contributed by atoms with Crippen LogP contribution in [-0.4, -0.2) is 10.2 Å². The minimum Gasteiger partial charge on any atom is -0.356 e. The van der Waals surface area contributed by atoms with Gasteiger partial charge in [0.15, 0.2) is 4.34 Å². The summed E-state index contributed by atoms with van der Waals surface area (Å²) in [6.07, 6.45) is 0. The van der Waals surface area contributed by atoms with Gasteiger partial charge in [0.25, 0.3) is 0 Å². The molecule has 0 unspecified atom stereocenters. The third kappa shape index (κ3) is 4.70. The normalized spacial score (nSPS) is 10.7. The number of nitrogens with zero attached hydrogens (tertiary/aromatic N) is 2. The van der Waals surface area contributed by atoms with E-state index in [0.717, 1.165) is 20.2 Å². The van der Waals surface area contributed by atoms with Crippen molar-refractivity contribution >= 4 is 39.8 Å². The van der Waals surface area contributed by atoms with E-state index in [1.165, 1.54) is 16.7 Å². The Bertz CT molecular complexity index is 772. The second-order valence-corrected chi connectivity index (χ2v) is 7.70. The topological polar surface area (TPSA) is 37.8 Å². The van der Waals surface area contributed by atoms with Crippen LogP contribution in [-0.2, 0) is 12.3 Å². The molecular weight excluding hydrogens is 346 g/mol. The molecule has 0 amide bonds. The molecule has 0 atom stereocenters. The molecule has 0 radical (unpaired) electrons. The number of aryl methyl sites for hydroxylation is 1. The minimum absolute atomic E-state index is 0.717. The zero-order valence-corrected chi connectivity index (χ0v) is 15.0. The van der Waals surface area contributed by atoms with Crippen LogP contribution in [0, 0.1) is 6.92 Å². The number of hydrogen-bond acceptors (Lipinski definition) is 5. The van der Waals surface area contributed by atoms with E-state index < -0.39 is 0 Å². The van der Waals surface area contributed by atoms with E-state index in [4.69, 9.17) is 11.6 Å². The molecule has 0 saturated heterocycles. The van der Waals surface area contributed by atoms with E-state index in [9.17, 15) is 0 Å². The Labute approximate surface area is 149 Å². The van der Waals surface area contributed by atoms with Crippen molar-refractivity contribution in [3.05, 3.63) is 70.2 Å². The van der Waals surface area contributed by atoms with Gasteiger partial charge in [-0.25, -0.2) is 0 Å². The molecule has 1 N–H and O–H groups in total. The molecule has 1 aromatic heterocycles. The third-order valence-corrected chi connectivity index (χ3v) is 5.69. The highest BCUT2D eigenvalue weighted by molar-refractivity contribution is 8.00. The first kappa shape index (κ1) is 16.3. The maximum atomic E-state index is 5.89. The van der Waals surface area contributed by atoms with E-state index >= 15 is 0 Å². The lowest BCUT2D eigenvalue weighted by Gasteiger charge is -2.03. The fourth-order valence-corrected chi connectivity index (χ4v) is 3.98. The molecule has 0 spiro atoms. The molecule has 3 aromatic rings. The molecule has 6 heteroatoms. The van der Waals surface area contributed by atoms with Crippen LogP contribution in [0.5, 0.6) is 0 Å². The fraction of sp³-hybridized carbons (Fsp3) is 0.176. The van der Waals surface area contributed by atoms with Crippen molar-refractivity contribution in [2.45, 2.75) is 23.6 Å². The standard InChI is InChI=1S/C17H16ClN3S2/c1-12-4-2-3-5-14(12)11-22-17-21-20-16(23-17)19-10-13-6-8-15(18)9-7-13/h2-9H,10-11H2,1H3,(H,19,20). The van der Waals surface area contributed by atoms with Crippen molar-refractivity contribution in [2.75, 3.05) is 5.32 Å². The SMILES string of the molecule is Cc1ccccc1CSc1nnc(NCc2ccc(Cl)cc2)s1. The number of thioether (sulfide) groups is 1. The zero-order chi connectivity index (χ0) is 16.1. The number of rotatable bonds is 6. The van der Waals surface area contributed by atoms with Gasteiger partial charge in [0, 0.05) is 17.3 Å². The molecule has 0 fully saturated rings. The van der Waals surface area contributed by atoms with Crippen molar-refractivity contribution < 1.29 is 0 Å². The van der Waals surface area contributed by atoms with Crippen molar-refractivity contribution in [2.24, 2.45) is 0 Å². The van der Waals surface area contributed by atoms with Crippen molar-refractivity contribution in [1.82, 2.24) is 10.2 Å². The largest absolute Gasteiger partial charge is 0.356 e. The van der Waals surface area contributed by atoms with E-state index in [-0.39, 0.29) is 0 Å². The first-order valence-corrected chi connectivity index (χ1v) is 9.38. The second kappa shape index (κ2) is 7.81. The van der Waals surface area contributed by atoms with Gasteiger partial charge < -0.3 is 5.32 Å². The van der Waals surface area contributed by atoms with Crippen LogP contribution in [0.2, 0.25) is 5.02 Å². The van der Waals surface area contributed by atoms with E-state index in [2.05, 4.69) is 46.7 Å². The lowest BCUT2D eigenvalue weighted by molar-refractivity contribution is 0.995. The maximum absolute atomic E-state index is 5.89. The highest BCUT2D eigenvalue weighted by Crippen LogP contribution is 2.29. The number of aromatic nitrogens is 2. The number of hydrogen-bond donors (Lipinski definition) is 1. The van der Waals surface area contributed by atoms with Crippen molar-refractivity contribution in [3.8, 4) is 0 Å². The van der Waals surface area contributed by atoms with E-state index in [1.807, 2.05) is 24.3 Å². The average Bonchev–Trinajstić information content (AvgIpc) is 3.02. The predicted molar refractivity (Wildman–Crippen MR) is 99.4 cm³/mol. The Morgan fingerprint density at radius 1 is 1.09 bits per heavy atom. The lowest BCUT2D eigenvalue weighted by Crippen LogP contribution is -1.98. The van der Waals surface area contributed by atoms with Crippen LogP contribution in [0.1, 0.15) is 16.7 Å². The molecule has 23 heavy (non-hydrogen) atoms. The molecule has 3 nitrogen and oxygen atoms in total. The lowest BCUT2D eigenvalue weighted by atomic mass is 10.1. The van der Waals surface area contributed by atoms with Gasteiger partial charge in [-0.1, -0.05) is 71.1 Å². The van der Waals surface area contributed by atoms with Crippen molar-refractivity contribution in [3.63, 3.8) is 0 Å². The molecule has 118 valence electrons. The van der Waals surface area contributed by atoms with Gasteiger partial charge in [-0.3, -0.25) is 0 Å². The van der Waals surface area contributed by atoms with Gasteiger partial charge in [0.1, 0.15) is 0 Å². The Morgan fingerprint density at radius 3 is 2.65 bits per heavy atom. The van der Waals surface area contributed by atoms with Gasteiger partial charge in [-0.15, -0.1) is 10.2 Å². The van der Waals surface area contributed by atoms with Crippen LogP contribution >= 0.6 is 34.7 Å². The molecule has 2 aromatic carbocycles. The Balaban J connectivity index is 1.53. The molecule has 3 rings (SSSR count). The summed E-state index contributed by atoms with van der Waals surface area (Å²) in [4.78, 5) is 0. The minimum atomic E-state index is 0.717. The highest BCUT2D eigenvalue weighted by Gasteiger charge is 2.06. The summed E-state index contributed by atoms with van der Waals surface area (Å²) in [7, 11) is 0. The van der Waals surface area contributed by atoms with E-state index in [0.29, 0.717) is 6.54 Å². The summed E-state index contributed by atoms with van der Waals surface area (Å²) >= 11 is 9.19. The van der Waals surface area contributed by atoms with Gasteiger partial charge >= 0.3 is 0 Å². The molecule has 1 heterocycles. The molecule has 0 aliphatic rings. The number of anilines is 1. The van der Waals surface area contributed by atoms with Crippen LogP contribution < -0.4 is 5.32 Å². The summed E-state index contributed by atoms with van der Waals surface area (Å²) in [5.41, 5.74) is 3.81. The summed E-state index contributed by atoms with van der Waals surface area (Å²) in [5, 5.41) is 13.3. The highest BCUT2D eigenvalue weighted by atomic mass is 35.5. The number of benzene rings is 2. The zero-order valence-electron chi connectivity index (χ0n) is 12.6. The molecular formula is C17H16ClN3S2. The summed E-state index contributed by atoms with van der Waals surface area (Å²) in [6, 6.07) is 16.2. The monoisotopic (exact) mass is 361 g/mol. The predicted octanol–water partition coefficient (Wildman–Crippen LogP) is 5.40. The van der Waals surface area contributed by atoms with Crippen molar-refractivity contribution in [1.29, 1.82) is 0 Å². The smallest absolute Gasteiger partial charge is 0.206 e. The van der Waals surface area contributed by atoms with Gasteiger partial charge in [0.2, 0.25) is 5.13 Å². The maximum Gasteiger partial charge on any atom is 0.206 e. The van der Waals surface area contributed by atoms with Crippen LogP contribution in [0.15, 0.2) is 52.9 Å². The Kier molecular flexibility index (Phi) is 5.54. The molecule has 0 aliphatic heterocycles. The summed E-state index contributed by atoms with van der Waals surface area (Å²) in [5.74, 6) is 0.915. The Morgan fingerprint density at radius 2 is 1.87 bits per heavy atom. The van der Waals surface area contributed by atoms with E-state index in [1.54, 1.807) is 23.1 Å². The third-order valence-electron chi connectivity index (χ3n) is 3.38. The fourth-order valence-electron chi connectivity index (χ4n) is 2.03.